The Kier molecular flexibility index (Phi) is 3.92. The van der Waals surface area contributed by atoms with Gasteiger partial charge in [-0.1, -0.05) is 47.5 Å². The van der Waals surface area contributed by atoms with Gasteiger partial charge in [0.05, 0.1) is 5.69 Å². The van der Waals surface area contributed by atoms with Crippen LogP contribution < -0.4 is 10.2 Å². The number of para-hydroxylation sites is 1. The molecule has 0 aromatic heterocycles. The van der Waals surface area contributed by atoms with E-state index in [1.807, 2.05) is 50.2 Å². The molecule has 0 fully saturated rings. The van der Waals surface area contributed by atoms with E-state index in [4.69, 9.17) is 11.6 Å². The first-order valence-electron chi connectivity index (χ1n) is 7.17. The van der Waals surface area contributed by atoms with Gasteiger partial charge in [-0.3, -0.25) is 9.59 Å². The number of aryl methyl sites for hydroxylation is 2. The van der Waals surface area contributed by atoms with Crippen LogP contribution in [-0.2, 0) is 9.59 Å². The van der Waals surface area contributed by atoms with Crippen molar-refractivity contribution in [3.05, 3.63) is 70.4 Å². The smallest absolute Gasteiger partial charge is 0.283 e. The van der Waals surface area contributed by atoms with Crippen molar-refractivity contribution in [1.29, 1.82) is 0 Å². The first kappa shape index (κ1) is 15.3. The molecule has 116 valence electrons. The molecule has 1 N–H and O–H groups in total. The third-order valence-corrected chi connectivity index (χ3v) is 4.07. The molecule has 0 unspecified atom stereocenters. The Morgan fingerprint density at radius 1 is 0.913 bits per heavy atom. The van der Waals surface area contributed by atoms with Gasteiger partial charge < -0.3 is 5.32 Å². The van der Waals surface area contributed by atoms with Crippen LogP contribution in [0.15, 0.2) is 59.3 Å². The minimum atomic E-state index is -0.517. The summed E-state index contributed by atoms with van der Waals surface area (Å²) in [7, 11) is 0. The van der Waals surface area contributed by atoms with Crippen molar-refractivity contribution < 1.29 is 9.59 Å². The van der Waals surface area contributed by atoms with Gasteiger partial charge in [0.25, 0.3) is 11.8 Å². The number of carbonyl (C=O) groups is 2. The Bertz CT molecular complexity index is 825. The van der Waals surface area contributed by atoms with Gasteiger partial charge in [0.1, 0.15) is 10.7 Å². The Hall–Kier alpha value is -2.59. The molecule has 23 heavy (non-hydrogen) atoms. The normalized spacial score (nSPS) is 14.7. The molecule has 2 aromatic rings. The predicted molar refractivity (Wildman–Crippen MR) is 91.4 cm³/mol. The van der Waals surface area contributed by atoms with Gasteiger partial charge in [0.15, 0.2) is 0 Å². The minimum Gasteiger partial charge on any atom is -0.349 e. The van der Waals surface area contributed by atoms with Crippen LogP contribution >= 0.6 is 11.6 Å². The lowest BCUT2D eigenvalue weighted by atomic mass is 10.2. The number of imide groups is 1. The zero-order valence-corrected chi connectivity index (χ0v) is 13.5. The SMILES string of the molecule is Cc1ccc(N2C(=O)C(Cl)=C(Nc3ccccc3C)C2=O)cc1. The fourth-order valence-electron chi connectivity index (χ4n) is 2.39. The Morgan fingerprint density at radius 3 is 2.22 bits per heavy atom. The third-order valence-electron chi connectivity index (χ3n) is 3.72. The molecule has 1 heterocycles. The van der Waals surface area contributed by atoms with Crippen LogP contribution in [0.25, 0.3) is 0 Å². The van der Waals surface area contributed by atoms with Crippen molar-refractivity contribution in [2.24, 2.45) is 0 Å². The molecule has 0 saturated heterocycles. The molecule has 0 atom stereocenters. The average molecular weight is 327 g/mol. The maximum absolute atomic E-state index is 12.6. The second kappa shape index (κ2) is 5.89. The van der Waals surface area contributed by atoms with E-state index in [1.165, 1.54) is 0 Å². The monoisotopic (exact) mass is 326 g/mol. The van der Waals surface area contributed by atoms with E-state index in [9.17, 15) is 9.59 Å². The summed E-state index contributed by atoms with van der Waals surface area (Å²) in [6.07, 6.45) is 0. The summed E-state index contributed by atoms with van der Waals surface area (Å²) >= 11 is 6.11. The molecule has 0 aliphatic carbocycles. The first-order valence-corrected chi connectivity index (χ1v) is 7.54. The summed E-state index contributed by atoms with van der Waals surface area (Å²) in [4.78, 5) is 26.1. The van der Waals surface area contributed by atoms with Crippen molar-refractivity contribution >= 4 is 34.8 Å². The van der Waals surface area contributed by atoms with Crippen LogP contribution in [0.4, 0.5) is 11.4 Å². The molecule has 0 saturated carbocycles. The van der Waals surface area contributed by atoms with Gasteiger partial charge in [0, 0.05) is 5.69 Å². The lowest BCUT2D eigenvalue weighted by molar-refractivity contribution is -0.120. The van der Waals surface area contributed by atoms with Gasteiger partial charge in [-0.05, 0) is 37.6 Å². The predicted octanol–water partition coefficient (Wildman–Crippen LogP) is 3.74. The summed E-state index contributed by atoms with van der Waals surface area (Å²) in [5.41, 5.74) is 3.35. The molecular weight excluding hydrogens is 312 g/mol. The van der Waals surface area contributed by atoms with E-state index in [2.05, 4.69) is 5.32 Å². The van der Waals surface area contributed by atoms with Crippen LogP contribution in [-0.4, -0.2) is 11.8 Å². The molecule has 2 aromatic carbocycles. The topological polar surface area (TPSA) is 49.4 Å². The zero-order chi connectivity index (χ0) is 16.6. The van der Waals surface area contributed by atoms with Crippen LogP contribution in [0.5, 0.6) is 0 Å². The van der Waals surface area contributed by atoms with E-state index >= 15 is 0 Å². The Labute approximate surface area is 139 Å². The van der Waals surface area contributed by atoms with Crippen molar-refractivity contribution in [3.63, 3.8) is 0 Å². The van der Waals surface area contributed by atoms with Gasteiger partial charge in [-0.15, -0.1) is 0 Å². The maximum Gasteiger partial charge on any atom is 0.283 e. The maximum atomic E-state index is 12.6. The second-order valence-electron chi connectivity index (χ2n) is 5.41. The fourth-order valence-corrected chi connectivity index (χ4v) is 2.60. The van der Waals surface area contributed by atoms with Crippen molar-refractivity contribution in [3.8, 4) is 0 Å². The second-order valence-corrected chi connectivity index (χ2v) is 5.79. The number of nitrogens with zero attached hydrogens (tertiary/aromatic N) is 1. The van der Waals surface area contributed by atoms with Crippen LogP contribution in [0.3, 0.4) is 0 Å². The zero-order valence-electron chi connectivity index (χ0n) is 12.8. The number of carbonyl (C=O) groups excluding carboxylic acids is 2. The van der Waals surface area contributed by atoms with E-state index < -0.39 is 11.8 Å². The van der Waals surface area contributed by atoms with Gasteiger partial charge in [-0.2, -0.15) is 0 Å². The molecule has 4 nitrogen and oxygen atoms in total. The molecule has 2 amide bonds. The number of amides is 2. The Morgan fingerprint density at radius 2 is 1.57 bits per heavy atom. The summed E-state index contributed by atoms with van der Waals surface area (Å²) in [6, 6.07) is 14.6. The highest BCUT2D eigenvalue weighted by Gasteiger charge is 2.38. The molecule has 0 radical (unpaired) electrons. The molecule has 0 spiro atoms. The number of anilines is 2. The summed E-state index contributed by atoms with van der Waals surface area (Å²) in [6.45, 7) is 3.85. The van der Waals surface area contributed by atoms with E-state index in [1.54, 1.807) is 12.1 Å². The van der Waals surface area contributed by atoms with Crippen molar-refractivity contribution in [1.82, 2.24) is 0 Å². The molecule has 5 heteroatoms. The summed E-state index contributed by atoms with van der Waals surface area (Å²) in [5.74, 6) is -0.969. The van der Waals surface area contributed by atoms with E-state index in [0.717, 1.165) is 21.7 Å². The Balaban J connectivity index is 1.93. The van der Waals surface area contributed by atoms with Crippen LogP contribution in [0, 0.1) is 13.8 Å². The number of benzene rings is 2. The molecule has 3 rings (SSSR count). The molecule has 1 aliphatic heterocycles. The van der Waals surface area contributed by atoms with E-state index in [-0.39, 0.29) is 10.7 Å². The summed E-state index contributed by atoms with van der Waals surface area (Å²) in [5, 5.41) is 2.89. The van der Waals surface area contributed by atoms with Crippen LogP contribution in [0.2, 0.25) is 0 Å². The van der Waals surface area contributed by atoms with Crippen molar-refractivity contribution in [2.75, 3.05) is 10.2 Å². The van der Waals surface area contributed by atoms with Gasteiger partial charge in [0.2, 0.25) is 0 Å². The lowest BCUT2D eigenvalue weighted by Crippen LogP contribution is -2.32. The standard InChI is InChI=1S/C18H15ClN2O2/c1-11-7-9-13(10-8-11)21-17(22)15(19)16(18(21)23)20-14-6-4-3-5-12(14)2/h3-10,20H,1-2H3. The highest BCUT2D eigenvalue weighted by atomic mass is 35.5. The molecule has 0 bridgehead atoms. The van der Waals surface area contributed by atoms with Gasteiger partial charge in [-0.25, -0.2) is 4.90 Å². The summed E-state index contributed by atoms with van der Waals surface area (Å²) < 4.78 is 0. The number of rotatable bonds is 3. The highest BCUT2D eigenvalue weighted by Crippen LogP contribution is 2.30. The molecular formula is C18H15ClN2O2. The quantitative estimate of drug-likeness (QED) is 0.874. The molecule has 1 aliphatic rings. The number of nitrogens with one attached hydrogen (secondary N) is 1. The van der Waals surface area contributed by atoms with E-state index in [0.29, 0.717) is 5.69 Å². The van der Waals surface area contributed by atoms with Crippen molar-refractivity contribution in [2.45, 2.75) is 13.8 Å². The minimum absolute atomic E-state index is 0.0983. The van der Waals surface area contributed by atoms with Gasteiger partial charge >= 0.3 is 0 Å². The number of hydrogen-bond donors (Lipinski definition) is 1. The third kappa shape index (κ3) is 2.73. The highest BCUT2D eigenvalue weighted by molar-refractivity contribution is 6.53. The average Bonchev–Trinajstić information content (AvgIpc) is 2.74. The number of halogens is 1. The fraction of sp³-hybridized carbons (Fsp3) is 0.111. The van der Waals surface area contributed by atoms with Crippen LogP contribution in [0.1, 0.15) is 11.1 Å². The number of hydrogen-bond acceptors (Lipinski definition) is 3. The largest absolute Gasteiger partial charge is 0.349 e. The lowest BCUT2D eigenvalue weighted by Gasteiger charge is -2.15. The first-order chi connectivity index (χ1) is 11.0.